The molecule has 4 nitrogen and oxygen atoms in total. The summed E-state index contributed by atoms with van der Waals surface area (Å²) in [4.78, 5) is 17.4. The number of pyridine rings is 1. The predicted molar refractivity (Wildman–Crippen MR) is 104 cm³/mol. The summed E-state index contributed by atoms with van der Waals surface area (Å²) >= 11 is 0. The molecule has 25 heavy (non-hydrogen) atoms. The second-order valence-electron chi connectivity index (χ2n) is 6.97. The number of rotatable bonds is 6. The van der Waals surface area contributed by atoms with Gasteiger partial charge in [-0.3, -0.25) is 4.79 Å². The van der Waals surface area contributed by atoms with Crippen molar-refractivity contribution in [3.05, 3.63) is 54.1 Å². The average Bonchev–Trinajstić information content (AvgIpc) is 2.62. The second kappa shape index (κ2) is 7.62. The van der Waals surface area contributed by atoms with Crippen LogP contribution in [0.4, 0.5) is 0 Å². The first-order valence-electron chi connectivity index (χ1n) is 8.84. The first kappa shape index (κ1) is 17.4. The van der Waals surface area contributed by atoms with E-state index in [0.717, 1.165) is 28.4 Å². The molecule has 0 aliphatic heterocycles. The summed E-state index contributed by atoms with van der Waals surface area (Å²) in [5, 5.41) is 8.51. The van der Waals surface area contributed by atoms with E-state index in [2.05, 4.69) is 37.5 Å². The molecular formula is C21H25N3O. The van der Waals surface area contributed by atoms with Gasteiger partial charge in [-0.15, -0.1) is 0 Å². The summed E-state index contributed by atoms with van der Waals surface area (Å²) in [5.74, 6) is 0.514. The SMILES string of the molecule is CC(C)CNC(C)CNC(=O)c1cccc2cc3ccccc3nc12. The molecule has 0 aliphatic rings. The molecule has 0 aliphatic carbocycles. The molecule has 0 fully saturated rings. The average molecular weight is 335 g/mol. The smallest absolute Gasteiger partial charge is 0.253 e. The third-order valence-corrected chi connectivity index (χ3v) is 4.24. The molecule has 0 bridgehead atoms. The van der Waals surface area contributed by atoms with Gasteiger partial charge in [0, 0.05) is 23.4 Å². The fourth-order valence-electron chi connectivity index (χ4n) is 2.84. The summed E-state index contributed by atoms with van der Waals surface area (Å²) < 4.78 is 0. The van der Waals surface area contributed by atoms with Crippen LogP contribution in [0.1, 0.15) is 31.1 Å². The largest absolute Gasteiger partial charge is 0.350 e. The van der Waals surface area contributed by atoms with Gasteiger partial charge in [0.1, 0.15) is 0 Å². The lowest BCUT2D eigenvalue weighted by Crippen LogP contribution is -2.40. The van der Waals surface area contributed by atoms with Crippen LogP contribution in [0.2, 0.25) is 0 Å². The van der Waals surface area contributed by atoms with Crippen molar-refractivity contribution in [2.24, 2.45) is 5.92 Å². The summed E-state index contributed by atoms with van der Waals surface area (Å²) in [6.07, 6.45) is 0. The van der Waals surface area contributed by atoms with Crippen LogP contribution in [0.5, 0.6) is 0 Å². The fraction of sp³-hybridized carbons (Fsp3) is 0.333. The molecule has 0 saturated heterocycles. The number of fused-ring (bicyclic) bond motifs is 2. The lowest BCUT2D eigenvalue weighted by atomic mass is 10.1. The van der Waals surface area contributed by atoms with E-state index in [1.165, 1.54) is 0 Å². The Morgan fingerprint density at radius 1 is 1.00 bits per heavy atom. The molecule has 0 saturated carbocycles. The Bertz CT molecular complexity index is 889. The third kappa shape index (κ3) is 4.15. The summed E-state index contributed by atoms with van der Waals surface area (Å²) in [7, 11) is 0. The van der Waals surface area contributed by atoms with Crippen molar-refractivity contribution >= 4 is 27.7 Å². The highest BCUT2D eigenvalue weighted by molar-refractivity contribution is 6.07. The third-order valence-electron chi connectivity index (χ3n) is 4.24. The Labute approximate surface area is 148 Å². The summed E-state index contributed by atoms with van der Waals surface area (Å²) in [6.45, 7) is 7.96. The van der Waals surface area contributed by atoms with E-state index in [0.29, 0.717) is 18.0 Å². The van der Waals surface area contributed by atoms with Crippen LogP contribution in [-0.4, -0.2) is 30.0 Å². The van der Waals surface area contributed by atoms with Crippen molar-refractivity contribution in [1.29, 1.82) is 0 Å². The van der Waals surface area contributed by atoms with Gasteiger partial charge in [0.05, 0.1) is 16.6 Å². The van der Waals surface area contributed by atoms with Gasteiger partial charge in [-0.1, -0.05) is 44.2 Å². The molecule has 4 heteroatoms. The van der Waals surface area contributed by atoms with Crippen LogP contribution in [-0.2, 0) is 0 Å². The van der Waals surface area contributed by atoms with Crippen molar-refractivity contribution in [2.75, 3.05) is 13.1 Å². The van der Waals surface area contributed by atoms with E-state index in [1.54, 1.807) is 0 Å². The molecule has 3 aromatic rings. The van der Waals surface area contributed by atoms with Gasteiger partial charge in [-0.05, 0) is 37.6 Å². The quantitative estimate of drug-likeness (QED) is 0.675. The normalized spacial score (nSPS) is 12.6. The van der Waals surface area contributed by atoms with Crippen molar-refractivity contribution < 1.29 is 4.79 Å². The van der Waals surface area contributed by atoms with Gasteiger partial charge < -0.3 is 10.6 Å². The molecule has 1 amide bonds. The first-order chi connectivity index (χ1) is 12.0. The maximum Gasteiger partial charge on any atom is 0.253 e. The zero-order valence-electron chi connectivity index (χ0n) is 15.0. The second-order valence-corrected chi connectivity index (χ2v) is 6.97. The number of carbonyl (C=O) groups excluding carboxylic acids is 1. The van der Waals surface area contributed by atoms with E-state index in [1.807, 2.05) is 42.5 Å². The van der Waals surface area contributed by atoms with Crippen LogP contribution in [0, 0.1) is 5.92 Å². The lowest BCUT2D eigenvalue weighted by molar-refractivity contribution is 0.0951. The minimum Gasteiger partial charge on any atom is -0.350 e. The first-order valence-corrected chi connectivity index (χ1v) is 8.84. The Balaban J connectivity index is 1.80. The molecule has 1 heterocycles. The molecular weight excluding hydrogens is 310 g/mol. The molecule has 1 aromatic heterocycles. The van der Waals surface area contributed by atoms with Crippen LogP contribution in [0.3, 0.4) is 0 Å². The zero-order chi connectivity index (χ0) is 17.8. The van der Waals surface area contributed by atoms with Crippen LogP contribution < -0.4 is 10.6 Å². The Morgan fingerprint density at radius 3 is 2.56 bits per heavy atom. The van der Waals surface area contributed by atoms with E-state index >= 15 is 0 Å². The van der Waals surface area contributed by atoms with E-state index in [9.17, 15) is 4.79 Å². The number of nitrogens with zero attached hydrogens (tertiary/aromatic N) is 1. The maximum absolute atomic E-state index is 12.7. The standard InChI is InChI=1S/C21H25N3O/c1-14(2)12-22-15(3)13-23-21(25)18-9-6-8-17-11-16-7-4-5-10-19(16)24-20(17)18/h4-11,14-15,22H,12-13H2,1-3H3,(H,23,25). The van der Waals surface area contributed by atoms with E-state index in [-0.39, 0.29) is 11.9 Å². The molecule has 2 N–H and O–H groups in total. The maximum atomic E-state index is 12.7. The van der Waals surface area contributed by atoms with Crippen LogP contribution in [0.15, 0.2) is 48.5 Å². The Morgan fingerprint density at radius 2 is 1.76 bits per heavy atom. The highest BCUT2D eigenvalue weighted by Crippen LogP contribution is 2.22. The van der Waals surface area contributed by atoms with E-state index < -0.39 is 0 Å². The molecule has 2 aromatic carbocycles. The minimum atomic E-state index is -0.0772. The number of aromatic nitrogens is 1. The number of carbonyl (C=O) groups is 1. The Kier molecular flexibility index (Phi) is 5.29. The molecule has 1 unspecified atom stereocenters. The van der Waals surface area contributed by atoms with Gasteiger partial charge >= 0.3 is 0 Å². The zero-order valence-corrected chi connectivity index (χ0v) is 15.0. The number of nitrogens with one attached hydrogen (secondary N) is 2. The van der Waals surface area contributed by atoms with Crippen LogP contribution in [0.25, 0.3) is 21.8 Å². The molecule has 0 spiro atoms. The predicted octanol–water partition coefficient (Wildman–Crippen LogP) is 3.75. The number of amides is 1. The fourth-order valence-corrected chi connectivity index (χ4v) is 2.84. The van der Waals surface area contributed by atoms with Gasteiger partial charge in [-0.25, -0.2) is 4.98 Å². The van der Waals surface area contributed by atoms with Gasteiger partial charge in [0.25, 0.3) is 5.91 Å². The summed E-state index contributed by atoms with van der Waals surface area (Å²) in [6, 6.07) is 16.0. The monoisotopic (exact) mass is 335 g/mol. The molecule has 1 atom stereocenters. The van der Waals surface area contributed by atoms with Crippen molar-refractivity contribution in [1.82, 2.24) is 15.6 Å². The van der Waals surface area contributed by atoms with Crippen molar-refractivity contribution in [3.8, 4) is 0 Å². The van der Waals surface area contributed by atoms with Gasteiger partial charge in [-0.2, -0.15) is 0 Å². The highest BCUT2D eigenvalue weighted by Gasteiger charge is 2.13. The molecule has 3 rings (SSSR count). The minimum absolute atomic E-state index is 0.0772. The van der Waals surface area contributed by atoms with Crippen LogP contribution >= 0.6 is 0 Å². The number of hydrogen-bond acceptors (Lipinski definition) is 3. The topological polar surface area (TPSA) is 54.0 Å². The number of para-hydroxylation sites is 2. The molecule has 0 radical (unpaired) electrons. The summed E-state index contributed by atoms with van der Waals surface area (Å²) in [5.41, 5.74) is 2.28. The number of hydrogen-bond donors (Lipinski definition) is 2. The highest BCUT2D eigenvalue weighted by atomic mass is 16.1. The Hall–Kier alpha value is -2.46. The van der Waals surface area contributed by atoms with Gasteiger partial charge in [0.2, 0.25) is 0 Å². The lowest BCUT2D eigenvalue weighted by Gasteiger charge is -2.16. The van der Waals surface area contributed by atoms with E-state index in [4.69, 9.17) is 4.98 Å². The molecule has 130 valence electrons. The number of benzene rings is 2. The van der Waals surface area contributed by atoms with Gasteiger partial charge in [0.15, 0.2) is 0 Å². The van der Waals surface area contributed by atoms with Crippen molar-refractivity contribution in [3.63, 3.8) is 0 Å². The van der Waals surface area contributed by atoms with Crippen molar-refractivity contribution in [2.45, 2.75) is 26.8 Å².